The van der Waals surface area contributed by atoms with Crippen LogP contribution in [0.4, 0.5) is 13.2 Å². The van der Waals surface area contributed by atoms with Gasteiger partial charge in [0.15, 0.2) is 0 Å². The Hall–Kier alpha value is -0.210. The van der Waals surface area contributed by atoms with Gasteiger partial charge in [0.1, 0.15) is 0 Å². The van der Waals surface area contributed by atoms with E-state index in [4.69, 9.17) is 0 Å². The Morgan fingerprint density at radius 3 is 1.57 bits per heavy atom. The molecule has 0 nitrogen and oxygen atoms in total. The molecule has 0 amide bonds. The Balaban J connectivity index is 4.32. The second-order valence-electron chi connectivity index (χ2n) is 5.59. The van der Waals surface area contributed by atoms with Gasteiger partial charge in [-0.15, -0.1) is 0 Å². The molecule has 0 saturated carbocycles. The second-order valence-corrected chi connectivity index (χ2v) is 5.59. The van der Waals surface area contributed by atoms with Crippen LogP contribution in [0.15, 0.2) is 0 Å². The van der Waals surface area contributed by atoms with Crippen molar-refractivity contribution in [1.82, 2.24) is 0 Å². The lowest BCUT2D eigenvalue weighted by molar-refractivity contribution is -0.149. The second kappa shape index (κ2) is 4.54. The van der Waals surface area contributed by atoms with Crippen LogP contribution >= 0.6 is 0 Å². The lowest BCUT2D eigenvalue weighted by Gasteiger charge is -2.29. The van der Waals surface area contributed by atoms with Gasteiger partial charge >= 0.3 is 6.18 Å². The van der Waals surface area contributed by atoms with Crippen LogP contribution in [-0.4, -0.2) is 6.18 Å². The molecule has 0 spiro atoms. The van der Waals surface area contributed by atoms with E-state index < -0.39 is 12.6 Å². The quantitative estimate of drug-likeness (QED) is 0.636. The Bertz CT molecular complexity index is 146. The van der Waals surface area contributed by atoms with Crippen molar-refractivity contribution in [2.75, 3.05) is 0 Å². The first-order valence-electron chi connectivity index (χ1n) is 5.08. The average molecular weight is 210 g/mol. The highest BCUT2D eigenvalue weighted by Crippen LogP contribution is 2.36. The number of alkyl halides is 3. The molecule has 0 aliphatic rings. The minimum absolute atomic E-state index is 0.0276. The van der Waals surface area contributed by atoms with Crippen molar-refractivity contribution in [2.45, 2.75) is 53.6 Å². The summed E-state index contributed by atoms with van der Waals surface area (Å²) in [5, 5.41) is 0. The zero-order valence-corrected chi connectivity index (χ0v) is 9.70. The van der Waals surface area contributed by atoms with Crippen molar-refractivity contribution in [3.05, 3.63) is 0 Å². The summed E-state index contributed by atoms with van der Waals surface area (Å²) in [6, 6.07) is 0. The highest BCUT2D eigenvalue weighted by molar-refractivity contribution is 4.74. The molecule has 0 bridgehead atoms. The summed E-state index contributed by atoms with van der Waals surface area (Å²) in [7, 11) is 0. The van der Waals surface area contributed by atoms with Crippen LogP contribution in [0.1, 0.15) is 47.5 Å². The monoisotopic (exact) mass is 210 g/mol. The Labute approximate surface area is 84.9 Å². The minimum Gasteiger partial charge on any atom is -0.171 e. The molecule has 1 unspecified atom stereocenters. The van der Waals surface area contributed by atoms with Crippen LogP contribution in [0.25, 0.3) is 0 Å². The largest absolute Gasteiger partial charge is 0.389 e. The summed E-state index contributed by atoms with van der Waals surface area (Å²) >= 11 is 0. The van der Waals surface area contributed by atoms with Gasteiger partial charge in [0.25, 0.3) is 0 Å². The molecule has 0 aliphatic carbocycles. The SMILES string of the molecule is CC(C)C(CC(C)(C)C)CC(F)(F)F. The van der Waals surface area contributed by atoms with Gasteiger partial charge in [-0.2, -0.15) is 13.2 Å². The van der Waals surface area contributed by atoms with Crippen LogP contribution < -0.4 is 0 Å². The topological polar surface area (TPSA) is 0 Å². The Kier molecular flexibility index (Phi) is 4.47. The molecule has 0 aromatic carbocycles. The van der Waals surface area contributed by atoms with E-state index in [2.05, 4.69) is 0 Å². The predicted molar refractivity (Wildman–Crippen MR) is 53.1 cm³/mol. The lowest BCUT2D eigenvalue weighted by Crippen LogP contribution is -2.24. The minimum atomic E-state index is -4.03. The summed E-state index contributed by atoms with van der Waals surface area (Å²) in [4.78, 5) is 0. The molecule has 3 heteroatoms. The summed E-state index contributed by atoms with van der Waals surface area (Å²) in [5.41, 5.74) is -0.0276. The molecule has 0 heterocycles. The number of halogens is 3. The Morgan fingerprint density at radius 2 is 1.36 bits per heavy atom. The summed E-state index contributed by atoms with van der Waals surface area (Å²) in [6.45, 7) is 9.68. The van der Waals surface area contributed by atoms with E-state index in [9.17, 15) is 13.2 Å². The average Bonchev–Trinajstić information content (AvgIpc) is 1.78. The van der Waals surface area contributed by atoms with E-state index in [1.165, 1.54) is 0 Å². The van der Waals surface area contributed by atoms with Crippen molar-refractivity contribution in [2.24, 2.45) is 17.3 Å². The molecule has 0 N–H and O–H groups in total. The van der Waals surface area contributed by atoms with Gasteiger partial charge < -0.3 is 0 Å². The number of hydrogen-bond acceptors (Lipinski definition) is 0. The molecule has 86 valence electrons. The first-order valence-corrected chi connectivity index (χ1v) is 5.08. The fourth-order valence-corrected chi connectivity index (χ4v) is 1.63. The van der Waals surface area contributed by atoms with Crippen molar-refractivity contribution in [3.8, 4) is 0 Å². The fraction of sp³-hybridized carbons (Fsp3) is 1.00. The van der Waals surface area contributed by atoms with E-state index in [0.29, 0.717) is 6.42 Å². The maximum absolute atomic E-state index is 12.2. The van der Waals surface area contributed by atoms with Crippen molar-refractivity contribution >= 4 is 0 Å². The smallest absolute Gasteiger partial charge is 0.171 e. The molecule has 0 aromatic heterocycles. The van der Waals surface area contributed by atoms with Crippen molar-refractivity contribution in [1.29, 1.82) is 0 Å². The van der Waals surface area contributed by atoms with Gasteiger partial charge in [0.05, 0.1) is 0 Å². The molecule has 0 aromatic rings. The van der Waals surface area contributed by atoms with Crippen LogP contribution in [0.2, 0.25) is 0 Å². The highest BCUT2D eigenvalue weighted by Gasteiger charge is 2.34. The van der Waals surface area contributed by atoms with Gasteiger partial charge in [-0.1, -0.05) is 34.6 Å². The van der Waals surface area contributed by atoms with E-state index in [1.807, 2.05) is 34.6 Å². The first-order chi connectivity index (χ1) is 6.01. The molecule has 0 fully saturated rings. The lowest BCUT2D eigenvalue weighted by atomic mass is 9.78. The molecular formula is C11H21F3. The van der Waals surface area contributed by atoms with Gasteiger partial charge in [-0.3, -0.25) is 0 Å². The van der Waals surface area contributed by atoms with E-state index >= 15 is 0 Å². The molecule has 1 atom stereocenters. The van der Waals surface area contributed by atoms with Crippen molar-refractivity contribution in [3.63, 3.8) is 0 Å². The summed E-state index contributed by atoms with van der Waals surface area (Å²) in [5.74, 6) is -0.161. The first kappa shape index (κ1) is 13.8. The van der Waals surface area contributed by atoms with Crippen LogP contribution in [-0.2, 0) is 0 Å². The maximum atomic E-state index is 12.2. The summed E-state index contributed by atoms with van der Waals surface area (Å²) < 4.78 is 36.7. The highest BCUT2D eigenvalue weighted by atomic mass is 19.4. The zero-order chi connectivity index (χ0) is 11.6. The third-order valence-electron chi connectivity index (χ3n) is 2.31. The molecular weight excluding hydrogens is 189 g/mol. The standard InChI is InChI=1S/C11H21F3/c1-8(2)9(6-10(3,4)5)7-11(12,13)14/h8-9H,6-7H2,1-5H3. The normalized spacial score (nSPS) is 16.1. The van der Waals surface area contributed by atoms with Gasteiger partial charge in [0, 0.05) is 6.42 Å². The fourth-order valence-electron chi connectivity index (χ4n) is 1.63. The number of rotatable bonds is 3. The van der Waals surface area contributed by atoms with Crippen LogP contribution in [0.5, 0.6) is 0 Å². The molecule has 0 saturated heterocycles. The number of hydrogen-bond donors (Lipinski definition) is 0. The van der Waals surface area contributed by atoms with E-state index in [1.54, 1.807) is 0 Å². The van der Waals surface area contributed by atoms with Gasteiger partial charge in [0.2, 0.25) is 0 Å². The third-order valence-corrected chi connectivity index (χ3v) is 2.31. The van der Waals surface area contributed by atoms with Crippen LogP contribution in [0.3, 0.4) is 0 Å². The van der Waals surface area contributed by atoms with Gasteiger partial charge in [-0.25, -0.2) is 0 Å². The zero-order valence-electron chi connectivity index (χ0n) is 9.70. The van der Waals surface area contributed by atoms with Gasteiger partial charge in [-0.05, 0) is 23.7 Å². The summed E-state index contributed by atoms with van der Waals surface area (Å²) in [6.07, 6.45) is -4.05. The third kappa shape index (κ3) is 7.22. The van der Waals surface area contributed by atoms with Crippen LogP contribution in [0, 0.1) is 17.3 Å². The molecule has 0 radical (unpaired) electrons. The maximum Gasteiger partial charge on any atom is 0.389 e. The Morgan fingerprint density at radius 1 is 0.929 bits per heavy atom. The van der Waals surface area contributed by atoms with E-state index in [0.717, 1.165) is 0 Å². The van der Waals surface area contributed by atoms with Crippen molar-refractivity contribution < 1.29 is 13.2 Å². The predicted octanol–water partition coefficient (Wildman–Crippen LogP) is 4.65. The molecule has 0 rings (SSSR count). The molecule has 0 aliphatic heterocycles. The van der Waals surface area contributed by atoms with E-state index in [-0.39, 0.29) is 17.3 Å². The molecule has 14 heavy (non-hydrogen) atoms.